The highest BCUT2D eigenvalue weighted by Gasteiger charge is 2.29. The third-order valence-corrected chi connectivity index (χ3v) is 4.70. The maximum absolute atomic E-state index is 6.32. The van der Waals surface area contributed by atoms with Crippen molar-refractivity contribution in [3.63, 3.8) is 0 Å². The van der Waals surface area contributed by atoms with Crippen molar-refractivity contribution < 1.29 is 4.74 Å². The van der Waals surface area contributed by atoms with E-state index >= 15 is 0 Å². The molecule has 0 spiro atoms. The average molecular weight is 331 g/mol. The minimum Gasteiger partial charge on any atom is -0.370 e. The standard InChI is InChI=1S/C16H24Cl2N2O/c1-4-21-13(11-8-6-5-7-9-11)16-19-14(17)12(10(2)3)15(18)20-16/h10-11,13H,4-9H2,1-3H3. The molecule has 0 bridgehead atoms. The Kier molecular flexibility index (Phi) is 6.27. The van der Waals surface area contributed by atoms with Gasteiger partial charge in [0, 0.05) is 12.2 Å². The van der Waals surface area contributed by atoms with Gasteiger partial charge < -0.3 is 4.74 Å². The highest BCUT2D eigenvalue weighted by Crippen LogP contribution is 2.37. The SMILES string of the molecule is CCOC(c1nc(Cl)c(C(C)C)c(Cl)n1)C1CCCCC1. The highest BCUT2D eigenvalue weighted by molar-refractivity contribution is 6.34. The molecule has 0 saturated heterocycles. The van der Waals surface area contributed by atoms with Gasteiger partial charge in [-0.15, -0.1) is 0 Å². The Hall–Kier alpha value is -0.380. The van der Waals surface area contributed by atoms with E-state index in [0.717, 1.165) is 18.4 Å². The summed E-state index contributed by atoms with van der Waals surface area (Å²) >= 11 is 12.6. The van der Waals surface area contributed by atoms with E-state index in [1.807, 2.05) is 20.8 Å². The molecule has 0 aliphatic heterocycles. The zero-order valence-corrected chi connectivity index (χ0v) is 14.5. The van der Waals surface area contributed by atoms with Gasteiger partial charge >= 0.3 is 0 Å². The Labute approximate surface area is 137 Å². The molecule has 1 atom stereocenters. The van der Waals surface area contributed by atoms with Crippen LogP contribution in [-0.2, 0) is 4.74 Å². The van der Waals surface area contributed by atoms with Crippen molar-refractivity contribution in [2.24, 2.45) is 5.92 Å². The molecule has 1 aliphatic carbocycles. The normalized spacial score (nSPS) is 18.2. The second-order valence-corrected chi connectivity index (χ2v) is 6.72. The lowest BCUT2D eigenvalue weighted by Gasteiger charge is -2.29. The molecule has 5 heteroatoms. The Morgan fingerprint density at radius 2 is 1.67 bits per heavy atom. The Balaban J connectivity index is 2.31. The lowest BCUT2D eigenvalue weighted by molar-refractivity contribution is -0.000208. The van der Waals surface area contributed by atoms with Gasteiger partial charge in [0.1, 0.15) is 16.4 Å². The van der Waals surface area contributed by atoms with Crippen LogP contribution >= 0.6 is 23.2 Å². The number of hydrogen-bond donors (Lipinski definition) is 0. The van der Waals surface area contributed by atoms with Crippen LogP contribution in [0.1, 0.15) is 76.3 Å². The second-order valence-electron chi connectivity index (χ2n) is 6.01. The van der Waals surface area contributed by atoms with Crippen molar-refractivity contribution in [2.75, 3.05) is 6.61 Å². The number of ether oxygens (including phenoxy) is 1. The van der Waals surface area contributed by atoms with Crippen molar-refractivity contribution in [2.45, 2.75) is 64.9 Å². The van der Waals surface area contributed by atoms with E-state index in [1.165, 1.54) is 19.3 Å². The average Bonchev–Trinajstić information content (AvgIpc) is 2.44. The quantitative estimate of drug-likeness (QED) is 0.662. The Bertz CT molecular complexity index is 450. The largest absolute Gasteiger partial charge is 0.370 e. The van der Waals surface area contributed by atoms with Crippen LogP contribution in [0.4, 0.5) is 0 Å². The lowest BCUT2D eigenvalue weighted by atomic mass is 9.85. The number of aromatic nitrogens is 2. The summed E-state index contributed by atoms with van der Waals surface area (Å²) in [7, 11) is 0. The van der Waals surface area contributed by atoms with Gasteiger partial charge in [-0.3, -0.25) is 0 Å². The van der Waals surface area contributed by atoms with Gasteiger partial charge in [0.2, 0.25) is 0 Å². The van der Waals surface area contributed by atoms with Crippen LogP contribution in [0.15, 0.2) is 0 Å². The molecule has 1 aromatic rings. The molecule has 2 rings (SSSR count). The van der Waals surface area contributed by atoms with Crippen molar-refractivity contribution in [3.05, 3.63) is 21.7 Å². The molecule has 1 unspecified atom stereocenters. The molecule has 3 nitrogen and oxygen atoms in total. The van der Waals surface area contributed by atoms with Gasteiger partial charge in [-0.1, -0.05) is 56.3 Å². The summed E-state index contributed by atoms with van der Waals surface area (Å²) in [6.07, 6.45) is 6.04. The lowest BCUT2D eigenvalue weighted by Crippen LogP contribution is -2.22. The van der Waals surface area contributed by atoms with Gasteiger partial charge in [0.05, 0.1) is 0 Å². The summed E-state index contributed by atoms with van der Waals surface area (Å²) in [5.74, 6) is 1.32. The van der Waals surface area contributed by atoms with Crippen LogP contribution in [0.5, 0.6) is 0 Å². The molecule has 1 saturated carbocycles. The summed E-state index contributed by atoms with van der Waals surface area (Å²) in [4.78, 5) is 8.99. The Morgan fingerprint density at radius 1 is 1.10 bits per heavy atom. The van der Waals surface area contributed by atoms with E-state index in [9.17, 15) is 0 Å². The Morgan fingerprint density at radius 3 is 2.14 bits per heavy atom. The van der Waals surface area contributed by atoms with Crippen LogP contribution in [0, 0.1) is 5.92 Å². The summed E-state index contributed by atoms with van der Waals surface area (Å²) < 4.78 is 5.94. The smallest absolute Gasteiger partial charge is 0.160 e. The molecule has 0 radical (unpaired) electrons. The number of hydrogen-bond acceptors (Lipinski definition) is 3. The first kappa shape index (κ1) is 17.0. The molecule has 1 aliphatic rings. The summed E-state index contributed by atoms with van der Waals surface area (Å²) in [5.41, 5.74) is 0.820. The molecule has 1 heterocycles. The molecule has 0 N–H and O–H groups in total. The van der Waals surface area contributed by atoms with Gasteiger partial charge in [0.15, 0.2) is 5.82 Å². The number of halogens is 2. The fraction of sp³-hybridized carbons (Fsp3) is 0.750. The predicted octanol–water partition coefficient (Wildman–Crippen LogP) is 5.56. The van der Waals surface area contributed by atoms with Crippen LogP contribution < -0.4 is 0 Å². The van der Waals surface area contributed by atoms with Gasteiger partial charge in [-0.25, -0.2) is 9.97 Å². The minimum atomic E-state index is -0.0912. The summed E-state index contributed by atoms with van der Waals surface area (Å²) in [6, 6.07) is 0. The predicted molar refractivity (Wildman–Crippen MR) is 87.1 cm³/mol. The zero-order valence-electron chi connectivity index (χ0n) is 13.0. The van der Waals surface area contributed by atoms with Gasteiger partial charge in [-0.2, -0.15) is 0 Å². The van der Waals surface area contributed by atoms with E-state index in [-0.39, 0.29) is 12.0 Å². The first-order valence-electron chi connectivity index (χ1n) is 7.89. The fourth-order valence-electron chi connectivity index (χ4n) is 3.07. The monoisotopic (exact) mass is 330 g/mol. The van der Waals surface area contributed by atoms with Crippen molar-refractivity contribution >= 4 is 23.2 Å². The van der Waals surface area contributed by atoms with Crippen LogP contribution in [0.25, 0.3) is 0 Å². The van der Waals surface area contributed by atoms with Gasteiger partial charge in [0.25, 0.3) is 0 Å². The molecule has 21 heavy (non-hydrogen) atoms. The number of rotatable bonds is 5. The summed E-state index contributed by atoms with van der Waals surface area (Å²) in [5, 5.41) is 0.918. The van der Waals surface area contributed by atoms with E-state index < -0.39 is 0 Å². The van der Waals surface area contributed by atoms with E-state index in [2.05, 4.69) is 9.97 Å². The third kappa shape index (κ3) is 4.08. The molecule has 1 aromatic heterocycles. The van der Waals surface area contributed by atoms with Crippen LogP contribution in [0.3, 0.4) is 0 Å². The van der Waals surface area contributed by atoms with E-state index in [4.69, 9.17) is 27.9 Å². The first-order chi connectivity index (χ1) is 10.0. The second kappa shape index (κ2) is 7.75. The van der Waals surface area contributed by atoms with Crippen LogP contribution in [-0.4, -0.2) is 16.6 Å². The third-order valence-electron chi connectivity index (χ3n) is 4.13. The molecular formula is C16H24Cl2N2O. The maximum atomic E-state index is 6.32. The van der Waals surface area contributed by atoms with Crippen molar-refractivity contribution in [3.8, 4) is 0 Å². The molecule has 0 amide bonds. The van der Waals surface area contributed by atoms with E-state index in [1.54, 1.807) is 0 Å². The molecule has 0 aromatic carbocycles. The number of nitrogens with zero attached hydrogens (tertiary/aromatic N) is 2. The highest BCUT2D eigenvalue weighted by atomic mass is 35.5. The first-order valence-corrected chi connectivity index (χ1v) is 8.64. The molecule has 1 fully saturated rings. The van der Waals surface area contributed by atoms with Crippen LogP contribution in [0.2, 0.25) is 10.3 Å². The zero-order chi connectivity index (χ0) is 15.4. The topological polar surface area (TPSA) is 35.0 Å². The molecular weight excluding hydrogens is 307 g/mol. The summed E-state index contributed by atoms with van der Waals surface area (Å²) in [6.45, 7) is 6.72. The fourth-order valence-corrected chi connectivity index (χ4v) is 3.91. The van der Waals surface area contributed by atoms with Crippen molar-refractivity contribution in [1.29, 1.82) is 0 Å². The minimum absolute atomic E-state index is 0.0912. The molecule has 118 valence electrons. The maximum Gasteiger partial charge on any atom is 0.160 e. The van der Waals surface area contributed by atoms with Crippen molar-refractivity contribution in [1.82, 2.24) is 9.97 Å². The van der Waals surface area contributed by atoms with E-state index in [0.29, 0.717) is 28.7 Å². The van der Waals surface area contributed by atoms with Gasteiger partial charge in [-0.05, 0) is 31.6 Å².